The van der Waals surface area contributed by atoms with Gasteiger partial charge in [-0.15, -0.1) is 0 Å². The number of nitrogens with two attached hydrogens (primary N) is 1. The average Bonchev–Trinajstić information content (AvgIpc) is 3.17. The standard InChI is InChI=1S/C24H28N4O/c1-16(22-15-20-14-19(23(25)26)7-8-21(20)27-22)24(29)28-11-9-18(10-12-28)13-17-5-3-2-4-6-17/h2-8,14-16,18,27H,9-13H2,1H3,(H3,25,26). The molecule has 150 valence electrons. The predicted octanol–water partition coefficient (Wildman–Crippen LogP) is 4.04. The van der Waals surface area contributed by atoms with Gasteiger partial charge >= 0.3 is 0 Å². The molecule has 1 amide bonds. The van der Waals surface area contributed by atoms with Crippen molar-refractivity contribution in [3.63, 3.8) is 0 Å². The highest BCUT2D eigenvalue weighted by molar-refractivity contribution is 5.99. The third-order valence-corrected chi connectivity index (χ3v) is 6.08. The van der Waals surface area contributed by atoms with E-state index in [0.29, 0.717) is 11.5 Å². The number of likely N-dealkylation sites (tertiary alicyclic amines) is 1. The number of amidine groups is 1. The molecule has 0 spiro atoms. The van der Waals surface area contributed by atoms with Gasteiger partial charge in [-0.05, 0) is 61.9 Å². The van der Waals surface area contributed by atoms with Gasteiger partial charge in [-0.2, -0.15) is 0 Å². The number of carbonyl (C=O) groups is 1. The molecular weight excluding hydrogens is 360 g/mol. The maximum absolute atomic E-state index is 13.1. The molecule has 0 bridgehead atoms. The fourth-order valence-corrected chi connectivity index (χ4v) is 4.27. The van der Waals surface area contributed by atoms with Crippen molar-refractivity contribution in [3.05, 3.63) is 71.4 Å². The van der Waals surface area contributed by atoms with Crippen molar-refractivity contribution < 1.29 is 4.79 Å². The highest BCUT2D eigenvalue weighted by Crippen LogP contribution is 2.27. The normalized spacial score (nSPS) is 16.1. The number of aromatic nitrogens is 1. The predicted molar refractivity (Wildman–Crippen MR) is 117 cm³/mol. The van der Waals surface area contributed by atoms with Gasteiger partial charge in [0.15, 0.2) is 0 Å². The minimum absolute atomic E-state index is 0.0529. The van der Waals surface area contributed by atoms with Gasteiger partial charge in [0.25, 0.3) is 0 Å². The highest BCUT2D eigenvalue weighted by atomic mass is 16.2. The number of piperidine rings is 1. The van der Waals surface area contributed by atoms with E-state index >= 15 is 0 Å². The first kappa shape index (κ1) is 19.2. The summed E-state index contributed by atoms with van der Waals surface area (Å²) in [7, 11) is 0. The lowest BCUT2D eigenvalue weighted by Crippen LogP contribution is -2.41. The molecule has 29 heavy (non-hydrogen) atoms. The Hall–Kier alpha value is -3.08. The molecule has 1 fully saturated rings. The van der Waals surface area contributed by atoms with Gasteiger partial charge in [0, 0.05) is 35.2 Å². The lowest BCUT2D eigenvalue weighted by atomic mass is 9.89. The van der Waals surface area contributed by atoms with E-state index < -0.39 is 0 Å². The summed E-state index contributed by atoms with van der Waals surface area (Å²) in [5.74, 6) is 0.669. The Morgan fingerprint density at radius 1 is 1.17 bits per heavy atom. The molecule has 4 rings (SSSR count). The van der Waals surface area contributed by atoms with Crippen molar-refractivity contribution in [2.75, 3.05) is 13.1 Å². The first-order chi connectivity index (χ1) is 14.0. The minimum atomic E-state index is -0.214. The van der Waals surface area contributed by atoms with Crippen LogP contribution in [-0.2, 0) is 11.2 Å². The summed E-state index contributed by atoms with van der Waals surface area (Å²) in [6, 6.07) is 18.3. The van der Waals surface area contributed by atoms with Crippen LogP contribution in [0.1, 0.15) is 42.5 Å². The van der Waals surface area contributed by atoms with Crippen LogP contribution >= 0.6 is 0 Å². The number of carbonyl (C=O) groups excluding carboxylic acids is 1. The molecule has 0 saturated carbocycles. The summed E-state index contributed by atoms with van der Waals surface area (Å²) in [5, 5.41) is 8.58. The first-order valence-electron chi connectivity index (χ1n) is 10.3. The van der Waals surface area contributed by atoms with Crippen LogP contribution in [0.15, 0.2) is 54.6 Å². The van der Waals surface area contributed by atoms with Crippen LogP contribution in [0, 0.1) is 11.3 Å². The molecule has 0 aliphatic carbocycles. The van der Waals surface area contributed by atoms with Gasteiger partial charge in [0.1, 0.15) is 5.84 Å². The number of hydrogen-bond donors (Lipinski definition) is 3. The van der Waals surface area contributed by atoms with Crippen LogP contribution in [0.4, 0.5) is 0 Å². The molecule has 1 aliphatic heterocycles. The number of aromatic amines is 1. The molecule has 5 heteroatoms. The third-order valence-electron chi connectivity index (χ3n) is 6.08. The average molecular weight is 389 g/mol. The van der Waals surface area contributed by atoms with E-state index in [-0.39, 0.29) is 17.7 Å². The number of nitrogen functional groups attached to an aromatic ring is 1. The lowest BCUT2D eigenvalue weighted by molar-refractivity contribution is -0.133. The van der Waals surface area contributed by atoms with E-state index in [9.17, 15) is 4.79 Å². The Kier molecular flexibility index (Phi) is 5.38. The van der Waals surface area contributed by atoms with Gasteiger partial charge in [-0.1, -0.05) is 30.3 Å². The number of fused-ring (bicyclic) bond motifs is 1. The number of H-pyrrole nitrogens is 1. The maximum atomic E-state index is 13.1. The second kappa shape index (κ2) is 8.11. The Labute approximate surface area is 171 Å². The number of nitrogens with zero attached hydrogens (tertiary/aromatic N) is 1. The molecule has 1 atom stereocenters. The minimum Gasteiger partial charge on any atom is -0.384 e. The summed E-state index contributed by atoms with van der Waals surface area (Å²) in [5.41, 5.74) is 9.55. The SMILES string of the molecule is CC(C(=O)N1CCC(Cc2ccccc2)CC1)c1cc2cc(C(=N)N)ccc2[nH]1. The van der Waals surface area contributed by atoms with Crippen LogP contribution in [0.2, 0.25) is 0 Å². The van der Waals surface area contributed by atoms with Crippen LogP contribution in [-0.4, -0.2) is 34.7 Å². The molecule has 1 unspecified atom stereocenters. The van der Waals surface area contributed by atoms with Crippen molar-refractivity contribution in [3.8, 4) is 0 Å². The van der Waals surface area contributed by atoms with Crippen molar-refractivity contribution in [2.45, 2.75) is 32.1 Å². The summed E-state index contributed by atoms with van der Waals surface area (Å²) in [4.78, 5) is 18.4. The first-order valence-corrected chi connectivity index (χ1v) is 10.3. The number of nitrogens with one attached hydrogen (secondary N) is 2. The fraction of sp³-hybridized carbons (Fsp3) is 0.333. The molecule has 2 aromatic carbocycles. The van der Waals surface area contributed by atoms with E-state index in [1.807, 2.05) is 36.1 Å². The molecular formula is C24H28N4O. The molecule has 2 heterocycles. The summed E-state index contributed by atoms with van der Waals surface area (Å²) < 4.78 is 0. The zero-order valence-electron chi connectivity index (χ0n) is 16.8. The van der Waals surface area contributed by atoms with Gasteiger partial charge in [-0.3, -0.25) is 10.2 Å². The van der Waals surface area contributed by atoms with Crippen molar-refractivity contribution in [1.29, 1.82) is 5.41 Å². The fourth-order valence-electron chi connectivity index (χ4n) is 4.27. The van der Waals surface area contributed by atoms with Gasteiger partial charge < -0.3 is 15.6 Å². The molecule has 1 saturated heterocycles. The molecule has 1 aromatic heterocycles. The zero-order chi connectivity index (χ0) is 20.4. The molecule has 4 N–H and O–H groups in total. The largest absolute Gasteiger partial charge is 0.384 e. The summed E-state index contributed by atoms with van der Waals surface area (Å²) in [6.45, 7) is 3.62. The Balaban J connectivity index is 1.39. The number of amides is 1. The molecule has 1 aliphatic rings. The second-order valence-corrected chi connectivity index (χ2v) is 8.12. The van der Waals surface area contributed by atoms with E-state index in [2.05, 4.69) is 35.3 Å². The third kappa shape index (κ3) is 4.19. The van der Waals surface area contributed by atoms with Crippen LogP contribution in [0.25, 0.3) is 10.9 Å². The van der Waals surface area contributed by atoms with E-state index in [4.69, 9.17) is 11.1 Å². The van der Waals surface area contributed by atoms with E-state index in [1.54, 1.807) is 0 Å². The van der Waals surface area contributed by atoms with E-state index in [0.717, 1.165) is 48.9 Å². The van der Waals surface area contributed by atoms with E-state index in [1.165, 1.54) is 5.56 Å². The Morgan fingerprint density at radius 2 is 1.90 bits per heavy atom. The quantitative estimate of drug-likeness (QED) is 0.455. The number of rotatable bonds is 5. The van der Waals surface area contributed by atoms with Crippen molar-refractivity contribution in [2.24, 2.45) is 11.7 Å². The second-order valence-electron chi connectivity index (χ2n) is 8.12. The zero-order valence-corrected chi connectivity index (χ0v) is 16.8. The molecule has 5 nitrogen and oxygen atoms in total. The Bertz CT molecular complexity index is 1020. The number of hydrogen-bond acceptors (Lipinski definition) is 2. The molecule has 0 radical (unpaired) electrons. The van der Waals surface area contributed by atoms with Gasteiger partial charge in [-0.25, -0.2) is 0 Å². The number of benzene rings is 2. The molecule has 3 aromatic rings. The van der Waals surface area contributed by atoms with Gasteiger partial charge in [0.05, 0.1) is 5.92 Å². The Morgan fingerprint density at radius 3 is 2.59 bits per heavy atom. The summed E-state index contributed by atoms with van der Waals surface area (Å²) in [6.07, 6.45) is 3.21. The van der Waals surface area contributed by atoms with Crippen LogP contribution in [0.5, 0.6) is 0 Å². The van der Waals surface area contributed by atoms with Crippen LogP contribution < -0.4 is 5.73 Å². The van der Waals surface area contributed by atoms with Crippen LogP contribution in [0.3, 0.4) is 0 Å². The van der Waals surface area contributed by atoms with Crippen molar-refractivity contribution >= 4 is 22.6 Å². The lowest BCUT2D eigenvalue weighted by Gasteiger charge is -2.33. The summed E-state index contributed by atoms with van der Waals surface area (Å²) >= 11 is 0. The van der Waals surface area contributed by atoms with Gasteiger partial charge in [0.2, 0.25) is 5.91 Å². The monoisotopic (exact) mass is 388 g/mol. The topological polar surface area (TPSA) is 86.0 Å². The maximum Gasteiger partial charge on any atom is 0.231 e. The smallest absolute Gasteiger partial charge is 0.231 e. The van der Waals surface area contributed by atoms with Crippen molar-refractivity contribution in [1.82, 2.24) is 9.88 Å². The highest BCUT2D eigenvalue weighted by Gasteiger charge is 2.27.